The maximum Gasteiger partial charge on any atom is 0.392 e. The van der Waals surface area contributed by atoms with E-state index in [2.05, 4.69) is 9.26 Å². The Morgan fingerprint density at radius 3 is 1.60 bits per heavy atom. The van der Waals surface area contributed by atoms with Crippen molar-refractivity contribution >= 4 is 13.8 Å². The first-order valence-corrected chi connectivity index (χ1v) is 6.01. The average molecular weight is 332 g/mol. The van der Waals surface area contributed by atoms with Gasteiger partial charge in [-0.05, 0) is 0 Å². The Balaban J connectivity index is 5.76. The third-order valence-electron chi connectivity index (χ3n) is 1.82. The zero-order chi connectivity index (χ0) is 16.4. The van der Waals surface area contributed by atoms with E-state index in [4.69, 9.17) is 0 Å². The molecule has 0 aliphatic rings. The Morgan fingerprint density at radius 2 is 1.40 bits per heavy atom. The van der Waals surface area contributed by atoms with Crippen molar-refractivity contribution < 1.29 is 54.7 Å². The molecule has 0 spiro atoms. The summed E-state index contributed by atoms with van der Waals surface area (Å²) >= 11 is 0. The van der Waals surface area contributed by atoms with E-state index in [1.807, 2.05) is 0 Å². The average Bonchev–Trinajstić information content (AvgIpc) is 2.07. The highest BCUT2D eigenvalue weighted by Crippen LogP contribution is 2.45. The van der Waals surface area contributed by atoms with Gasteiger partial charge >= 0.3 is 18.3 Å². The number of hydrogen-bond donors (Lipinski definition) is 0. The number of esters is 1. The summed E-state index contributed by atoms with van der Waals surface area (Å²) in [7, 11) is -5.92. The lowest BCUT2D eigenvalue weighted by atomic mass is 9.95. The van der Waals surface area contributed by atoms with Gasteiger partial charge in [-0.3, -0.25) is 0 Å². The van der Waals surface area contributed by atoms with E-state index in [0.29, 0.717) is 7.11 Å². The van der Waals surface area contributed by atoms with Crippen molar-refractivity contribution in [1.29, 1.82) is 0 Å². The van der Waals surface area contributed by atoms with Crippen molar-refractivity contribution in [1.82, 2.24) is 0 Å². The van der Waals surface area contributed by atoms with Gasteiger partial charge in [-0.1, -0.05) is 0 Å². The summed E-state index contributed by atoms with van der Waals surface area (Å²) in [6, 6.07) is 0. The van der Waals surface area contributed by atoms with E-state index in [1.54, 1.807) is 0 Å². The molecule has 0 bridgehead atoms. The van der Waals surface area contributed by atoms with Crippen LogP contribution >= 0.6 is 7.82 Å². The lowest BCUT2D eigenvalue weighted by Crippen LogP contribution is -2.50. The summed E-state index contributed by atoms with van der Waals surface area (Å²) in [6.07, 6.45) is -16.1. The van der Waals surface area contributed by atoms with Crippen molar-refractivity contribution in [3.05, 3.63) is 0 Å². The van der Waals surface area contributed by atoms with E-state index in [9.17, 15) is 45.5 Å². The third kappa shape index (κ3) is 7.08. The molecule has 0 heterocycles. The van der Waals surface area contributed by atoms with Crippen LogP contribution in [0.25, 0.3) is 0 Å². The lowest BCUT2D eigenvalue weighted by Gasteiger charge is -2.40. The number of rotatable bonds is 5. The van der Waals surface area contributed by atoms with Crippen molar-refractivity contribution in [2.45, 2.75) is 30.8 Å². The van der Waals surface area contributed by atoms with Crippen LogP contribution < -0.4 is 9.79 Å². The smallest absolute Gasteiger partial charge is 0.392 e. The van der Waals surface area contributed by atoms with E-state index < -0.39 is 44.6 Å². The van der Waals surface area contributed by atoms with Crippen LogP contribution in [0.2, 0.25) is 0 Å². The van der Waals surface area contributed by atoms with Gasteiger partial charge in [0.05, 0.1) is 27.8 Å². The summed E-state index contributed by atoms with van der Waals surface area (Å²) in [5, 5.41) is 0. The standard InChI is InChI=1S/C7H9F6O6P/c1-18-4(14)5(2-6(8,9)10,3-7(11,12)13)19-20(15,16)17/h2-3H2,1H3,(H2,15,16,17)/p-2. The molecule has 120 valence electrons. The van der Waals surface area contributed by atoms with E-state index >= 15 is 0 Å². The summed E-state index contributed by atoms with van der Waals surface area (Å²) in [5.41, 5.74) is -4.04. The van der Waals surface area contributed by atoms with Crippen LogP contribution in [0.3, 0.4) is 0 Å². The zero-order valence-corrected chi connectivity index (χ0v) is 10.5. The highest BCUT2D eigenvalue weighted by Gasteiger charge is 2.56. The number of phosphoric ester groups is 1. The molecule has 0 unspecified atom stereocenters. The Morgan fingerprint density at radius 1 is 1.05 bits per heavy atom. The largest absolute Gasteiger partial charge is 0.790 e. The number of carbonyl (C=O) groups is 1. The van der Waals surface area contributed by atoms with Gasteiger partial charge in [0, 0.05) is 0 Å². The molecule has 20 heavy (non-hydrogen) atoms. The van der Waals surface area contributed by atoms with E-state index in [0.717, 1.165) is 0 Å². The monoisotopic (exact) mass is 332 g/mol. The Hall–Kier alpha value is -0.840. The minimum atomic E-state index is -6.33. The van der Waals surface area contributed by atoms with Crippen molar-refractivity contribution in [3.63, 3.8) is 0 Å². The van der Waals surface area contributed by atoms with Gasteiger partial charge in [0.1, 0.15) is 0 Å². The summed E-state index contributed by atoms with van der Waals surface area (Å²) < 4.78 is 90.8. The maximum atomic E-state index is 12.2. The number of methoxy groups -OCH3 is 1. The van der Waals surface area contributed by atoms with Crippen molar-refractivity contribution in [3.8, 4) is 0 Å². The molecule has 0 aliphatic heterocycles. The molecule has 0 aliphatic carbocycles. The minimum Gasteiger partial charge on any atom is -0.790 e. The van der Waals surface area contributed by atoms with Gasteiger partial charge in [-0.2, -0.15) is 26.3 Å². The minimum absolute atomic E-state index is 0.410. The second-order valence-electron chi connectivity index (χ2n) is 3.61. The SMILES string of the molecule is COC(=O)C(CC(F)(F)F)(CC(F)(F)F)OP(=O)([O-])[O-]. The molecule has 0 aromatic heterocycles. The fourth-order valence-electron chi connectivity index (χ4n) is 1.36. The molecule has 0 atom stereocenters. The molecular formula is C7H7F6O6P-2. The topological polar surface area (TPSA) is 98.7 Å². The summed E-state index contributed by atoms with van der Waals surface area (Å²) in [5.74, 6) is -2.28. The van der Waals surface area contributed by atoms with Gasteiger partial charge in [0.25, 0.3) is 0 Å². The molecule has 0 aromatic carbocycles. The molecule has 0 amide bonds. The first-order valence-electron chi connectivity index (χ1n) is 4.55. The number of halogens is 6. The van der Waals surface area contributed by atoms with Crippen LogP contribution in [0.15, 0.2) is 0 Å². The van der Waals surface area contributed by atoms with Gasteiger partial charge in [-0.15, -0.1) is 0 Å². The third-order valence-corrected chi connectivity index (χ3v) is 2.39. The van der Waals surface area contributed by atoms with Crippen LogP contribution in [0.4, 0.5) is 26.3 Å². The summed E-state index contributed by atoms with van der Waals surface area (Å²) in [6.45, 7) is 0. The number of phosphoric acid groups is 1. The number of ether oxygens (including phenoxy) is 1. The highest BCUT2D eigenvalue weighted by molar-refractivity contribution is 7.43. The second kappa shape index (κ2) is 5.88. The van der Waals surface area contributed by atoms with Crippen LogP contribution in [0.5, 0.6) is 0 Å². The normalized spacial score (nSPS) is 14.2. The first-order chi connectivity index (χ1) is 8.60. The molecular weight excluding hydrogens is 325 g/mol. The molecule has 6 nitrogen and oxygen atoms in total. The lowest BCUT2D eigenvalue weighted by molar-refractivity contribution is -0.353. The van der Waals surface area contributed by atoms with E-state index in [-0.39, 0.29) is 0 Å². The predicted molar refractivity (Wildman–Crippen MR) is 44.8 cm³/mol. The second-order valence-corrected chi connectivity index (χ2v) is 4.69. The van der Waals surface area contributed by atoms with Gasteiger partial charge < -0.3 is 23.6 Å². The summed E-state index contributed by atoms with van der Waals surface area (Å²) in [4.78, 5) is 31.8. The Bertz CT molecular complexity index is 382. The molecule has 0 N–H and O–H groups in total. The molecule has 0 radical (unpaired) electrons. The van der Waals surface area contributed by atoms with Gasteiger partial charge in [-0.25, -0.2) is 4.79 Å². The van der Waals surface area contributed by atoms with Gasteiger partial charge in [0.2, 0.25) is 0 Å². The fourth-order valence-corrected chi connectivity index (χ4v) is 1.99. The molecule has 0 saturated heterocycles. The maximum absolute atomic E-state index is 12.2. The first kappa shape index (κ1) is 19.2. The van der Waals surface area contributed by atoms with Crippen molar-refractivity contribution in [2.75, 3.05) is 7.11 Å². The van der Waals surface area contributed by atoms with Crippen molar-refractivity contribution in [2.24, 2.45) is 0 Å². The van der Waals surface area contributed by atoms with Gasteiger partial charge in [0.15, 0.2) is 5.60 Å². The number of hydrogen-bond acceptors (Lipinski definition) is 6. The van der Waals surface area contributed by atoms with Crippen LogP contribution in [0.1, 0.15) is 12.8 Å². The highest BCUT2D eigenvalue weighted by atomic mass is 31.2. The molecule has 0 aromatic rings. The van der Waals surface area contributed by atoms with Crippen LogP contribution in [0, 0.1) is 0 Å². The van der Waals surface area contributed by atoms with Crippen LogP contribution in [-0.2, 0) is 18.6 Å². The molecule has 13 heteroatoms. The fraction of sp³-hybridized carbons (Fsp3) is 0.857. The number of carbonyl (C=O) groups excluding carboxylic acids is 1. The zero-order valence-electron chi connectivity index (χ0n) is 9.58. The van der Waals surface area contributed by atoms with Crippen LogP contribution in [-0.4, -0.2) is 31.0 Å². The molecule has 0 saturated carbocycles. The molecule has 0 rings (SSSR count). The molecule has 0 fully saturated rings. The number of alkyl halides is 6. The van der Waals surface area contributed by atoms with E-state index in [1.165, 1.54) is 0 Å². The Kier molecular flexibility index (Phi) is 5.63. The quantitative estimate of drug-likeness (QED) is 0.416. The predicted octanol–water partition coefficient (Wildman–Crippen LogP) is 0.648. The Labute approximate surface area is 107 Å².